The van der Waals surface area contributed by atoms with E-state index in [1.165, 1.54) is 6.42 Å². The van der Waals surface area contributed by atoms with Crippen LogP contribution in [0.3, 0.4) is 0 Å². The standard InChI is InChI=1S/C13H22N4O/c1-10-3-2-5-13(18,8-10)9-16-11-4-6-15-12(7-11)17-14/h4,6-7,10,18H,2-3,5,8-9,14H2,1H3,(H2,15,16,17). The Morgan fingerprint density at radius 2 is 2.44 bits per heavy atom. The molecule has 5 nitrogen and oxygen atoms in total. The first-order chi connectivity index (χ1) is 8.61. The zero-order chi connectivity index (χ0) is 13.0. The molecule has 18 heavy (non-hydrogen) atoms. The zero-order valence-corrected chi connectivity index (χ0v) is 10.8. The van der Waals surface area contributed by atoms with Crippen LogP contribution < -0.4 is 16.6 Å². The van der Waals surface area contributed by atoms with E-state index in [2.05, 4.69) is 22.7 Å². The van der Waals surface area contributed by atoms with Crippen molar-refractivity contribution >= 4 is 11.5 Å². The Hall–Kier alpha value is -1.33. The van der Waals surface area contributed by atoms with E-state index in [9.17, 15) is 5.11 Å². The van der Waals surface area contributed by atoms with E-state index in [1.807, 2.05) is 12.1 Å². The second-order valence-corrected chi connectivity index (χ2v) is 5.35. The summed E-state index contributed by atoms with van der Waals surface area (Å²) in [6, 6.07) is 3.70. The molecule has 1 saturated carbocycles. The van der Waals surface area contributed by atoms with Gasteiger partial charge in [-0.05, 0) is 24.8 Å². The predicted molar refractivity (Wildman–Crippen MR) is 73.1 cm³/mol. The molecular weight excluding hydrogens is 228 g/mol. The number of hydrogen-bond acceptors (Lipinski definition) is 5. The van der Waals surface area contributed by atoms with E-state index < -0.39 is 5.60 Å². The Labute approximate surface area is 108 Å². The molecule has 2 atom stereocenters. The Morgan fingerprint density at radius 1 is 1.61 bits per heavy atom. The summed E-state index contributed by atoms with van der Waals surface area (Å²) in [6.07, 6.45) is 5.75. The number of nitrogens with two attached hydrogens (primary N) is 1. The molecule has 5 heteroatoms. The van der Waals surface area contributed by atoms with Gasteiger partial charge in [0.1, 0.15) is 5.82 Å². The molecule has 2 unspecified atom stereocenters. The van der Waals surface area contributed by atoms with E-state index in [-0.39, 0.29) is 0 Å². The maximum atomic E-state index is 10.5. The van der Waals surface area contributed by atoms with Crippen LogP contribution in [0.1, 0.15) is 32.6 Å². The largest absolute Gasteiger partial charge is 0.388 e. The second-order valence-electron chi connectivity index (χ2n) is 5.35. The van der Waals surface area contributed by atoms with Gasteiger partial charge in [0, 0.05) is 24.5 Å². The Morgan fingerprint density at radius 3 is 3.17 bits per heavy atom. The highest BCUT2D eigenvalue weighted by Gasteiger charge is 2.32. The Kier molecular flexibility index (Phi) is 4.04. The van der Waals surface area contributed by atoms with Gasteiger partial charge in [0.05, 0.1) is 5.60 Å². The fraction of sp³-hybridized carbons (Fsp3) is 0.615. The molecule has 2 rings (SSSR count). The molecule has 0 radical (unpaired) electrons. The molecule has 100 valence electrons. The third-order valence-electron chi connectivity index (χ3n) is 3.60. The van der Waals surface area contributed by atoms with Gasteiger partial charge in [0.25, 0.3) is 0 Å². The molecule has 0 bridgehead atoms. The first-order valence-electron chi connectivity index (χ1n) is 6.50. The van der Waals surface area contributed by atoms with E-state index in [4.69, 9.17) is 5.84 Å². The summed E-state index contributed by atoms with van der Waals surface area (Å²) in [5, 5.41) is 13.8. The van der Waals surface area contributed by atoms with Crippen molar-refractivity contribution < 1.29 is 5.11 Å². The topological polar surface area (TPSA) is 83.2 Å². The van der Waals surface area contributed by atoms with E-state index in [0.717, 1.165) is 24.9 Å². The Bertz CT molecular complexity index is 398. The first kappa shape index (κ1) is 13.1. The highest BCUT2D eigenvalue weighted by molar-refractivity contribution is 5.51. The van der Waals surface area contributed by atoms with Crippen molar-refractivity contribution in [3.8, 4) is 0 Å². The summed E-state index contributed by atoms with van der Waals surface area (Å²) < 4.78 is 0. The summed E-state index contributed by atoms with van der Waals surface area (Å²) in [5.74, 6) is 6.53. The quantitative estimate of drug-likeness (QED) is 0.483. The fourth-order valence-electron chi connectivity index (χ4n) is 2.68. The maximum Gasteiger partial charge on any atom is 0.141 e. The van der Waals surface area contributed by atoms with Crippen molar-refractivity contribution in [1.29, 1.82) is 0 Å². The van der Waals surface area contributed by atoms with Gasteiger partial charge in [-0.15, -0.1) is 0 Å². The van der Waals surface area contributed by atoms with Crippen LogP contribution in [0.2, 0.25) is 0 Å². The minimum atomic E-state index is -0.586. The highest BCUT2D eigenvalue weighted by Crippen LogP contribution is 2.32. The van der Waals surface area contributed by atoms with Gasteiger partial charge < -0.3 is 15.8 Å². The third kappa shape index (κ3) is 3.34. The number of anilines is 2. The summed E-state index contributed by atoms with van der Waals surface area (Å²) in [4.78, 5) is 4.04. The molecule has 1 aromatic heterocycles. The smallest absolute Gasteiger partial charge is 0.141 e. The molecule has 1 aliphatic rings. The number of aromatic nitrogens is 1. The van der Waals surface area contributed by atoms with Gasteiger partial charge >= 0.3 is 0 Å². The Balaban J connectivity index is 1.93. The van der Waals surface area contributed by atoms with Crippen LogP contribution in [-0.2, 0) is 0 Å². The van der Waals surface area contributed by atoms with Crippen molar-refractivity contribution in [3.05, 3.63) is 18.3 Å². The molecule has 0 saturated heterocycles. The minimum Gasteiger partial charge on any atom is -0.388 e. The van der Waals surface area contributed by atoms with Crippen LogP contribution >= 0.6 is 0 Å². The van der Waals surface area contributed by atoms with Crippen LogP contribution in [0.5, 0.6) is 0 Å². The van der Waals surface area contributed by atoms with Crippen LogP contribution in [-0.4, -0.2) is 22.2 Å². The second kappa shape index (κ2) is 5.54. The number of nitrogens with zero attached hydrogens (tertiary/aromatic N) is 1. The van der Waals surface area contributed by atoms with E-state index in [0.29, 0.717) is 18.3 Å². The minimum absolute atomic E-state index is 0.575. The monoisotopic (exact) mass is 250 g/mol. The molecule has 0 spiro atoms. The summed E-state index contributed by atoms with van der Waals surface area (Å²) in [7, 11) is 0. The number of nitrogens with one attached hydrogen (secondary N) is 2. The van der Waals surface area contributed by atoms with Crippen LogP contribution in [0.4, 0.5) is 11.5 Å². The molecule has 1 fully saturated rings. The fourth-order valence-corrected chi connectivity index (χ4v) is 2.68. The number of hydrazine groups is 1. The normalized spacial score (nSPS) is 27.8. The van der Waals surface area contributed by atoms with Gasteiger partial charge in [0.2, 0.25) is 0 Å². The molecule has 0 aliphatic heterocycles. The van der Waals surface area contributed by atoms with E-state index >= 15 is 0 Å². The number of nitrogen functional groups attached to an aromatic ring is 1. The average Bonchev–Trinajstić information content (AvgIpc) is 2.37. The predicted octanol–water partition coefficient (Wildman–Crippen LogP) is 1.72. The van der Waals surface area contributed by atoms with Crippen molar-refractivity contribution in [3.63, 3.8) is 0 Å². The number of aliphatic hydroxyl groups is 1. The maximum absolute atomic E-state index is 10.5. The van der Waals surface area contributed by atoms with Crippen LogP contribution in [0, 0.1) is 5.92 Å². The molecule has 0 amide bonds. The lowest BCUT2D eigenvalue weighted by molar-refractivity contribution is -0.000762. The summed E-state index contributed by atoms with van der Waals surface area (Å²) >= 11 is 0. The van der Waals surface area contributed by atoms with Gasteiger partial charge in [-0.3, -0.25) is 0 Å². The van der Waals surface area contributed by atoms with Crippen molar-refractivity contribution in [2.75, 3.05) is 17.3 Å². The average molecular weight is 250 g/mol. The van der Waals surface area contributed by atoms with Gasteiger partial charge in [-0.2, -0.15) is 0 Å². The molecule has 1 aliphatic carbocycles. The lowest BCUT2D eigenvalue weighted by Gasteiger charge is -2.35. The zero-order valence-electron chi connectivity index (χ0n) is 10.8. The summed E-state index contributed by atoms with van der Waals surface area (Å²) in [5.41, 5.74) is 2.84. The third-order valence-corrected chi connectivity index (χ3v) is 3.60. The molecular formula is C13H22N4O. The van der Waals surface area contributed by atoms with Crippen LogP contribution in [0.15, 0.2) is 18.3 Å². The number of rotatable bonds is 4. The highest BCUT2D eigenvalue weighted by atomic mass is 16.3. The van der Waals surface area contributed by atoms with Gasteiger partial charge in [-0.25, -0.2) is 10.8 Å². The lowest BCUT2D eigenvalue weighted by Crippen LogP contribution is -2.41. The van der Waals surface area contributed by atoms with Crippen molar-refractivity contribution in [2.45, 2.75) is 38.2 Å². The summed E-state index contributed by atoms with van der Waals surface area (Å²) in [6.45, 7) is 2.78. The van der Waals surface area contributed by atoms with Gasteiger partial charge in [0.15, 0.2) is 0 Å². The number of pyridine rings is 1. The molecule has 1 heterocycles. The SMILES string of the molecule is CC1CCCC(O)(CNc2ccnc(NN)c2)C1. The van der Waals surface area contributed by atoms with Crippen molar-refractivity contribution in [1.82, 2.24) is 4.98 Å². The molecule has 0 aromatic carbocycles. The lowest BCUT2D eigenvalue weighted by atomic mass is 9.79. The first-order valence-corrected chi connectivity index (χ1v) is 6.50. The number of hydrogen-bond donors (Lipinski definition) is 4. The van der Waals surface area contributed by atoms with E-state index in [1.54, 1.807) is 6.20 Å². The van der Waals surface area contributed by atoms with Gasteiger partial charge in [-0.1, -0.05) is 19.8 Å². The molecule has 1 aromatic rings. The van der Waals surface area contributed by atoms with Crippen molar-refractivity contribution in [2.24, 2.45) is 11.8 Å². The van der Waals surface area contributed by atoms with Crippen LogP contribution in [0.25, 0.3) is 0 Å². The molecule has 5 N–H and O–H groups in total.